The molecule has 0 bridgehead atoms. The number of hydrogen-bond acceptors (Lipinski definition) is 6. The number of carbonyl (C=O) groups is 1. The topological polar surface area (TPSA) is 83.5 Å². The van der Waals surface area contributed by atoms with Gasteiger partial charge in [-0.05, 0) is 72.5 Å². The Balaban J connectivity index is 1.33. The summed E-state index contributed by atoms with van der Waals surface area (Å²) < 4.78 is 29.4. The summed E-state index contributed by atoms with van der Waals surface area (Å²) in [5, 5.41) is 1.01. The van der Waals surface area contributed by atoms with Crippen LogP contribution in [0.15, 0.2) is 96.2 Å². The number of nitrogens with zero attached hydrogens (tertiary/aromatic N) is 4. The van der Waals surface area contributed by atoms with E-state index in [1.54, 1.807) is 35.5 Å². The average molecular weight is 575 g/mol. The van der Waals surface area contributed by atoms with Crippen LogP contribution in [0.2, 0.25) is 5.02 Å². The second-order valence-corrected chi connectivity index (χ2v) is 12.4. The van der Waals surface area contributed by atoms with Gasteiger partial charge in [-0.3, -0.25) is 19.0 Å². The number of para-hydroxylation sites is 2. The lowest BCUT2D eigenvalue weighted by atomic mass is 10.0. The summed E-state index contributed by atoms with van der Waals surface area (Å²) in [5.41, 5.74) is 3.54. The van der Waals surface area contributed by atoms with Crippen molar-refractivity contribution in [1.29, 1.82) is 0 Å². The number of pyridine rings is 1. The van der Waals surface area contributed by atoms with E-state index in [-0.39, 0.29) is 17.3 Å². The van der Waals surface area contributed by atoms with Crippen molar-refractivity contribution < 1.29 is 13.2 Å². The molecular formula is C29H23ClN4O3S2. The fourth-order valence-corrected chi connectivity index (χ4v) is 7.52. The Labute approximate surface area is 235 Å². The van der Waals surface area contributed by atoms with Crippen LogP contribution in [0.3, 0.4) is 0 Å². The van der Waals surface area contributed by atoms with Gasteiger partial charge in [-0.25, -0.2) is 13.4 Å². The van der Waals surface area contributed by atoms with Crippen LogP contribution >= 0.6 is 22.9 Å². The van der Waals surface area contributed by atoms with Gasteiger partial charge in [0.2, 0.25) is 0 Å². The van der Waals surface area contributed by atoms with Crippen molar-refractivity contribution in [1.82, 2.24) is 9.97 Å². The van der Waals surface area contributed by atoms with Crippen molar-refractivity contribution in [3.63, 3.8) is 0 Å². The van der Waals surface area contributed by atoms with E-state index < -0.39 is 10.0 Å². The van der Waals surface area contributed by atoms with E-state index in [9.17, 15) is 13.2 Å². The Bertz CT molecular complexity index is 1770. The van der Waals surface area contributed by atoms with E-state index in [1.165, 1.54) is 27.8 Å². The highest BCUT2D eigenvalue weighted by atomic mass is 35.5. The first-order chi connectivity index (χ1) is 18.9. The average Bonchev–Trinajstić information content (AvgIpc) is 3.41. The smallest absolute Gasteiger partial charge is 0.264 e. The van der Waals surface area contributed by atoms with Crippen LogP contribution in [0.4, 0.5) is 10.8 Å². The number of carbonyl (C=O) groups excluding carboxylic acids is 1. The van der Waals surface area contributed by atoms with Gasteiger partial charge in [0, 0.05) is 24.5 Å². The van der Waals surface area contributed by atoms with Crippen LogP contribution in [0.5, 0.6) is 0 Å². The lowest BCUT2D eigenvalue weighted by molar-refractivity contribution is 0.0985. The molecule has 1 aliphatic heterocycles. The zero-order valence-corrected chi connectivity index (χ0v) is 23.1. The molecule has 1 amide bonds. The number of thiazole rings is 1. The van der Waals surface area contributed by atoms with Crippen LogP contribution in [0.25, 0.3) is 10.2 Å². The minimum Gasteiger partial charge on any atom is -0.279 e. The van der Waals surface area contributed by atoms with Crippen LogP contribution in [0, 0.1) is 0 Å². The molecule has 3 heterocycles. The normalized spacial score (nSPS) is 13.3. The third-order valence-corrected chi connectivity index (χ3v) is 9.83. The maximum atomic E-state index is 13.8. The van der Waals surface area contributed by atoms with Crippen molar-refractivity contribution in [2.45, 2.75) is 24.3 Å². The number of hydrogen-bond donors (Lipinski definition) is 0. The molecular weight excluding hydrogens is 552 g/mol. The molecule has 0 unspecified atom stereocenters. The zero-order chi connectivity index (χ0) is 27.0. The summed E-state index contributed by atoms with van der Waals surface area (Å²) in [6.45, 7) is 0.661. The number of aryl methyl sites for hydroxylation is 1. The first kappa shape index (κ1) is 25.5. The van der Waals surface area contributed by atoms with E-state index in [1.807, 2.05) is 48.5 Å². The van der Waals surface area contributed by atoms with Crippen LogP contribution < -0.4 is 9.21 Å². The van der Waals surface area contributed by atoms with Gasteiger partial charge in [0.25, 0.3) is 15.9 Å². The minimum atomic E-state index is -3.79. The van der Waals surface area contributed by atoms with Crippen molar-refractivity contribution >= 4 is 59.9 Å². The number of benzene rings is 3. The predicted molar refractivity (Wildman–Crippen MR) is 155 cm³/mol. The highest BCUT2D eigenvalue weighted by molar-refractivity contribution is 7.92. The van der Waals surface area contributed by atoms with Gasteiger partial charge in [0.1, 0.15) is 5.52 Å². The molecule has 0 fully saturated rings. The Kier molecular flexibility index (Phi) is 6.80. The van der Waals surface area contributed by atoms with Crippen molar-refractivity contribution in [2.75, 3.05) is 15.7 Å². The van der Waals surface area contributed by atoms with Gasteiger partial charge in [-0.2, -0.15) is 0 Å². The Morgan fingerprint density at radius 2 is 1.82 bits per heavy atom. The summed E-state index contributed by atoms with van der Waals surface area (Å²) in [6, 6.07) is 22.9. The molecule has 10 heteroatoms. The zero-order valence-electron chi connectivity index (χ0n) is 20.7. The highest BCUT2D eigenvalue weighted by Crippen LogP contribution is 2.35. The fourth-order valence-electron chi connectivity index (χ4n) is 4.72. The van der Waals surface area contributed by atoms with Crippen LogP contribution in [-0.4, -0.2) is 30.8 Å². The third kappa shape index (κ3) is 4.89. The van der Waals surface area contributed by atoms with Gasteiger partial charge in [0.15, 0.2) is 5.13 Å². The molecule has 0 aliphatic carbocycles. The van der Waals surface area contributed by atoms with E-state index in [0.29, 0.717) is 33.5 Å². The summed E-state index contributed by atoms with van der Waals surface area (Å²) in [7, 11) is -3.79. The summed E-state index contributed by atoms with van der Waals surface area (Å²) >= 11 is 7.73. The first-order valence-electron chi connectivity index (χ1n) is 12.4. The van der Waals surface area contributed by atoms with Crippen LogP contribution in [0.1, 0.15) is 27.9 Å². The Morgan fingerprint density at radius 1 is 1.00 bits per heavy atom. The standard InChI is InChI=1S/C29H23ClN4O3S2/c30-24-9-3-11-26-27(24)32-29(38-26)33(19-20-6-4-16-31-18-20)28(35)22-12-14-23(15-13-22)39(36,37)34-17-5-8-21-7-1-2-10-25(21)34/h1-4,6-7,9-16,18H,5,8,17,19H2. The molecule has 0 N–H and O–H groups in total. The van der Waals surface area contributed by atoms with E-state index >= 15 is 0 Å². The molecule has 39 heavy (non-hydrogen) atoms. The molecule has 1 aliphatic rings. The number of anilines is 2. The largest absolute Gasteiger partial charge is 0.279 e. The second-order valence-electron chi connectivity index (χ2n) is 9.17. The number of aromatic nitrogens is 2. The van der Waals surface area contributed by atoms with Gasteiger partial charge in [-0.1, -0.05) is 53.3 Å². The quantitative estimate of drug-likeness (QED) is 0.236. The van der Waals surface area contributed by atoms with Crippen molar-refractivity contribution in [2.24, 2.45) is 0 Å². The number of rotatable bonds is 6. The van der Waals surface area contributed by atoms with E-state index in [4.69, 9.17) is 11.6 Å². The minimum absolute atomic E-state index is 0.140. The molecule has 5 aromatic rings. The molecule has 2 aromatic heterocycles. The summed E-state index contributed by atoms with van der Waals surface area (Å²) in [6.07, 6.45) is 4.97. The van der Waals surface area contributed by atoms with Gasteiger partial charge in [0.05, 0.1) is 26.9 Å². The molecule has 0 atom stereocenters. The summed E-state index contributed by atoms with van der Waals surface area (Å²) in [5.74, 6) is -0.304. The van der Waals surface area contributed by atoms with Crippen molar-refractivity contribution in [3.8, 4) is 0 Å². The predicted octanol–water partition coefficient (Wildman–Crippen LogP) is 6.33. The third-order valence-electron chi connectivity index (χ3n) is 6.65. The Morgan fingerprint density at radius 3 is 2.59 bits per heavy atom. The molecule has 6 rings (SSSR count). The summed E-state index contributed by atoms with van der Waals surface area (Å²) in [4.78, 5) is 24.4. The molecule has 196 valence electrons. The number of sulfonamides is 1. The SMILES string of the molecule is O=C(c1ccc(S(=O)(=O)N2CCCc3ccccc32)cc1)N(Cc1cccnc1)c1nc2c(Cl)cccc2s1. The molecule has 7 nitrogen and oxygen atoms in total. The molecule has 0 spiro atoms. The first-order valence-corrected chi connectivity index (χ1v) is 15.0. The maximum Gasteiger partial charge on any atom is 0.264 e. The molecule has 0 radical (unpaired) electrons. The van der Waals surface area contributed by atoms with Crippen molar-refractivity contribution in [3.05, 3.63) is 113 Å². The number of halogens is 1. The lowest BCUT2D eigenvalue weighted by Crippen LogP contribution is -2.35. The fraction of sp³-hybridized carbons (Fsp3) is 0.138. The lowest BCUT2D eigenvalue weighted by Gasteiger charge is -2.30. The molecule has 0 saturated heterocycles. The van der Waals surface area contributed by atoms with Crippen LogP contribution in [-0.2, 0) is 23.0 Å². The van der Waals surface area contributed by atoms with E-state index in [0.717, 1.165) is 28.7 Å². The monoisotopic (exact) mass is 574 g/mol. The number of fused-ring (bicyclic) bond motifs is 2. The maximum absolute atomic E-state index is 13.8. The van der Waals surface area contributed by atoms with Gasteiger partial charge in [-0.15, -0.1) is 0 Å². The molecule has 3 aromatic carbocycles. The molecule has 0 saturated carbocycles. The van der Waals surface area contributed by atoms with E-state index in [2.05, 4.69) is 9.97 Å². The Hall–Kier alpha value is -3.79. The second kappa shape index (κ2) is 10.4. The van der Waals surface area contributed by atoms with Gasteiger partial charge >= 0.3 is 0 Å². The highest BCUT2D eigenvalue weighted by Gasteiger charge is 2.29. The number of amides is 1. The van der Waals surface area contributed by atoms with Gasteiger partial charge < -0.3 is 0 Å².